The highest BCUT2D eigenvalue weighted by Gasteiger charge is 2.25. The summed E-state index contributed by atoms with van der Waals surface area (Å²) in [5.74, 6) is 1.73. The zero-order valence-electron chi connectivity index (χ0n) is 17.5. The van der Waals surface area contributed by atoms with Gasteiger partial charge in [0.15, 0.2) is 6.61 Å². The third kappa shape index (κ3) is 4.48. The Morgan fingerprint density at radius 1 is 0.833 bits per heavy atom. The first-order chi connectivity index (χ1) is 14.6. The minimum absolute atomic E-state index is 0.0453. The second-order valence-electron chi connectivity index (χ2n) is 7.95. The molecular weight excluding hydrogens is 374 g/mol. The monoisotopic (exact) mass is 401 g/mol. The van der Waals surface area contributed by atoms with E-state index in [4.69, 9.17) is 9.47 Å². The van der Waals surface area contributed by atoms with Gasteiger partial charge >= 0.3 is 0 Å². The lowest BCUT2D eigenvalue weighted by Crippen LogP contribution is -2.31. The van der Waals surface area contributed by atoms with Gasteiger partial charge < -0.3 is 9.47 Å². The van der Waals surface area contributed by atoms with E-state index in [0.717, 1.165) is 30.0 Å². The molecule has 0 spiro atoms. The fourth-order valence-electron chi connectivity index (χ4n) is 3.67. The van der Waals surface area contributed by atoms with Crippen molar-refractivity contribution in [2.75, 3.05) is 18.1 Å². The second kappa shape index (κ2) is 9.04. The van der Waals surface area contributed by atoms with E-state index >= 15 is 0 Å². The van der Waals surface area contributed by atoms with Crippen molar-refractivity contribution in [2.24, 2.45) is 5.92 Å². The molecule has 0 atom stereocenters. The molecule has 0 N–H and O–H groups in total. The molecule has 0 saturated carbocycles. The maximum absolute atomic E-state index is 13.3. The van der Waals surface area contributed by atoms with Gasteiger partial charge in [-0.3, -0.25) is 9.69 Å². The highest BCUT2D eigenvalue weighted by molar-refractivity contribution is 6.03. The van der Waals surface area contributed by atoms with Crippen LogP contribution >= 0.6 is 0 Å². The van der Waals surface area contributed by atoms with E-state index in [0.29, 0.717) is 18.3 Å². The quantitative estimate of drug-likeness (QED) is 0.542. The fourth-order valence-corrected chi connectivity index (χ4v) is 3.67. The van der Waals surface area contributed by atoms with Crippen molar-refractivity contribution in [2.45, 2.75) is 26.7 Å². The molecule has 4 nitrogen and oxygen atoms in total. The molecule has 0 aromatic heterocycles. The Bertz CT molecular complexity index is 981. The van der Waals surface area contributed by atoms with Gasteiger partial charge in [0.25, 0.3) is 5.91 Å². The van der Waals surface area contributed by atoms with Crippen molar-refractivity contribution in [1.82, 2.24) is 0 Å². The Morgan fingerprint density at radius 3 is 2.00 bits per heavy atom. The van der Waals surface area contributed by atoms with Gasteiger partial charge in [-0.15, -0.1) is 0 Å². The van der Waals surface area contributed by atoms with Gasteiger partial charge in [-0.05, 0) is 54.2 Å². The number of nitrogens with zero attached hydrogens (tertiary/aromatic N) is 1. The average Bonchev–Trinajstić information content (AvgIpc) is 2.93. The number of rotatable bonds is 6. The fraction of sp³-hybridized carbons (Fsp3) is 0.269. The lowest BCUT2D eigenvalue weighted by atomic mass is 10.0. The van der Waals surface area contributed by atoms with Gasteiger partial charge in [0, 0.05) is 6.07 Å². The Kier molecular flexibility index (Phi) is 6.03. The Morgan fingerprint density at radius 2 is 1.40 bits per heavy atom. The van der Waals surface area contributed by atoms with Crippen molar-refractivity contribution in [3.05, 3.63) is 83.9 Å². The van der Waals surface area contributed by atoms with E-state index in [2.05, 4.69) is 26.0 Å². The maximum atomic E-state index is 13.3. The molecule has 0 saturated heterocycles. The number of hydrogen-bond acceptors (Lipinski definition) is 3. The van der Waals surface area contributed by atoms with E-state index < -0.39 is 0 Å². The highest BCUT2D eigenvalue weighted by Crippen LogP contribution is 2.36. The highest BCUT2D eigenvalue weighted by atomic mass is 16.5. The van der Waals surface area contributed by atoms with Gasteiger partial charge in [-0.2, -0.15) is 0 Å². The maximum Gasteiger partial charge on any atom is 0.269 e. The third-order valence-corrected chi connectivity index (χ3v) is 5.13. The number of para-hydroxylation sites is 2. The number of amides is 1. The molecule has 4 rings (SSSR count). The predicted octanol–water partition coefficient (Wildman–Crippen LogP) is 5.56. The number of benzene rings is 3. The number of aryl methyl sites for hydroxylation is 2. The first-order valence-electron chi connectivity index (χ1n) is 10.5. The van der Waals surface area contributed by atoms with Gasteiger partial charge in [0.1, 0.15) is 11.5 Å². The van der Waals surface area contributed by atoms with Crippen LogP contribution < -0.4 is 14.4 Å². The van der Waals surface area contributed by atoms with Gasteiger partial charge in [0.05, 0.1) is 18.0 Å². The summed E-state index contributed by atoms with van der Waals surface area (Å²) >= 11 is 0. The second-order valence-corrected chi connectivity index (χ2v) is 7.95. The molecule has 3 aromatic carbocycles. The van der Waals surface area contributed by atoms with Crippen LogP contribution in [-0.4, -0.2) is 19.1 Å². The van der Waals surface area contributed by atoms with Crippen molar-refractivity contribution >= 4 is 17.3 Å². The van der Waals surface area contributed by atoms with E-state index in [9.17, 15) is 4.79 Å². The SMILES string of the molecule is CC(C)COc1cccc(OCC(=O)N2c3ccccc3CCc3ccccc32)c1. The van der Waals surface area contributed by atoms with E-state index in [-0.39, 0.29) is 12.5 Å². The normalized spacial score (nSPS) is 12.7. The molecule has 0 bridgehead atoms. The van der Waals surface area contributed by atoms with E-state index in [1.165, 1.54) is 11.1 Å². The van der Waals surface area contributed by atoms with Crippen LogP contribution in [0.15, 0.2) is 72.8 Å². The molecule has 0 aliphatic carbocycles. The third-order valence-electron chi connectivity index (χ3n) is 5.13. The molecule has 0 fully saturated rings. The summed E-state index contributed by atoms with van der Waals surface area (Å²) in [4.78, 5) is 15.1. The van der Waals surface area contributed by atoms with Gasteiger partial charge in [-0.25, -0.2) is 0 Å². The average molecular weight is 402 g/mol. The van der Waals surface area contributed by atoms with Crippen LogP contribution in [0.2, 0.25) is 0 Å². The lowest BCUT2D eigenvalue weighted by molar-refractivity contribution is -0.119. The number of fused-ring (bicyclic) bond motifs is 2. The van der Waals surface area contributed by atoms with Crippen LogP contribution in [-0.2, 0) is 17.6 Å². The minimum Gasteiger partial charge on any atom is -0.493 e. The molecule has 1 heterocycles. The number of carbonyl (C=O) groups excluding carboxylic acids is 1. The molecule has 1 aliphatic heterocycles. The minimum atomic E-state index is -0.0923. The Balaban J connectivity index is 1.55. The van der Waals surface area contributed by atoms with Crippen LogP contribution in [0.25, 0.3) is 0 Å². The molecule has 0 radical (unpaired) electrons. The summed E-state index contributed by atoms with van der Waals surface area (Å²) in [6.07, 6.45) is 1.82. The molecule has 4 heteroatoms. The zero-order chi connectivity index (χ0) is 20.9. The number of hydrogen-bond donors (Lipinski definition) is 0. The molecule has 154 valence electrons. The summed E-state index contributed by atoms with van der Waals surface area (Å²) in [5, 5.41) is 0. The first kappa shape index (κ1) is 20.0. The van der Waals surface area contributed by atoms with Crippen LogP contribution in [0.1, 0.15) is 25.0 Å². The Hall–Kier alpha value is -3.27. The van der Waals surface area contributed by atoms with Crippen molar-refractivity contribution in [3.8, 4) is 11.5 Å². The standard InChI is InChI=1S/C26H27NO3/c1-19(2)17-29-22-10-7-11-23(16-22)30-18-26(28)27-24-12-5-3-8-20(24)14-15-21-9-4-6-13-25(21)27/h3-13,16,19H,14-15,17-18H2,1-2H3. The van der Waals surface area contributed by atoms with Crippen LogP contribution in [0, 0.1) is 5.92 Å². The Labute approximate surface area is 178 Å². The number of ether oxygens (including phenoxy) is 2. The van der Waals surface area contributed by atoms with Crippen molar-refractivity contribution < 1.29 is 14.3 Å². The van der Waals surface area contributed by atoms with Crippen molar-refractivity contribution in [1.29, 1.82) is 0 Å². The van der Waals surface area contributed by atoms with Crippen LogP contribution in [0.4, 0.5) is 11.4 Å². The molecule has 0 unspecified atom stereocenters. The number of carbonyl (C=O) groups is 1. The molecule has 1 amide bonds. The zero-order valence-corrected chi connectivity index (χ0v) is 17.5. The summed E-state index contributed by atoms with van der Waals surface area (Å²) in [7, 11) is 0. The first-order valence-corrected chi connectivity index (χ1v) is 10.5. The number of anilines is 2. The lowest BCUT2D eigenvalue weighted by Gasteiger charge is -2.25. The molecule has 3 aromatic rings. The molecule has 1 aliphatic rings. The van der Waals surface area contributed by atoms with Crippen LogP contribution in [0.3, 0.4) is 0 Å². The summed E-state index contributed by atoms with van der Waals surface area (Å²) in [6.45, 7) is 4.81. The van der Waals surface area contributed by atoms with E-state index in [1.807, 2.05) is 60.7 Å². The van der Waals surface area contributed by atoms with E-state index in [1.54, 1.807) is 4.90 Å². The largest absolute Gasteiger partial charge is 0.493 e. The van der Waals surface area contributed by atoms with Crippen molar-refractivity contribution in [3.63, 3.8) is 0 Å². The molecular formula is C26H27NO3. The smallest absolute Gasteiger partial charge is 0.269 e. The topological polar surface area (TPSA) is 38.8 Å². The summed E-state index contributed by atoms with van der Waals surface area (Å²) in [6, 6.07) is 23.7. The van der Waals surface area contributed by atoms with Gasteiger partial charge in [0.2, 0.25) is 0 Å². The molecule has 30 heavy (non-hydrogen) atoms. The van der Waals surface area contributed by atoms with Crippen LogP contribution in [0.5, 0.6) is 11.5 Å². The summed E-state index contributed by atoms with van der Waals surface area (Å²) < 4.78 is 11.6. The summed E-state index contributed by atoms with van der Waals surface area (Å²) in [5.41, 5.74) is 4.22. The predicted molar refractivity (Wildman–Crippen MR) is 120 cm³/mol. The van der Waals surface area contributed by atoms with Gasteiger partial charge in [-0.1, -0.05) is 56.3 Å².